The molecule has 6 aromatic carbocycles. The van der Waals surface area contributed by atoms with Gasteiger partial charge in [-0.05, 0) is 130 Å². The molecule has 11 N–H and O–H groups in total. The number of methoxy groups -OCH3 is 4. The number of carbonyl (C=O) groups excluding carboxylic acids is 3. The van der Waals surface area contributed by atoms with Crippen molar-refractivity contribution in [2.24, 2.45) is 32.8 Å². The highest BCUT2D eigenvalue weighted by atomic mass is 16.5. The molecule has 7 rings (SSSR count). The summed E-state index contributed by atoms with van der Waals surface area (Å²) in [6, 6.07) is 50.6. The van der Waals surface area contributed by atoms with Crippen LogP contribution in [0, 0.1) is 27.1 Å². The second kappa shape index (κ2) is 39.6. The summed E-state index contributed by atoms with van der Waals surface area (Å²) in [7, 11) is 6.56. The van der Waals surface area contributed by atoms with Crippen LogP contribution in [0.5, 0.6) is 23.0 Å². The summed E-state index contributed by atoms with van der Waals surface area (Å²) < 4.78 is 20.5. The number of hydrogen-bond donors (Lipinski definition) is 10. The predicted molar refractivity (Wildman–Crippen MR) is 366 cm³/mol. The number of hydrogen-bond acceptors (Lipinski definition) is 16. The molecule has 93 heavy (non-hydrogen) atoms. The first-order chi connectivity index (χ1) is 44.0. The van der Waals surface area contributed by atoms with E-state index in [-0.39, 0.29) is 42.4 Å². The lowest BCUT2D eigenvalue weighted by atomic mass is 9.87. The molecule has 1 atom stereocenters. The summed E-state index contributed by atoms with van der Waals surface area (Å²) in [5.74, 6) is 1.80. The molecular formula is C73H106N8O12. The molecule has 510 valence electrons. The number of carboxylic acid groups (broad SMARTS) is 1. The number of nitrogens with two attached hydrogens (primary N) is 1. The van der Waals surface area contributed by atoms with E-state index in [1.807, 2.05) is 218 Å². The van der Waals surface area contributed by atoms with E-state index in [1.165, 1.54) is 10.5 Å². The summed E-state index contributed by atoms with van der Waals surface area (Å²) in [4.78, 5) is 52.5. The van der Waals surface area contributed by atoms with Gasteiger partial charge in [-0.1, -0.05) is 137 Å². The minimum atomic E-state index is -0.914. The van der Waals surface area contributed by atoms with Crippen LogP contribution in [0.1, 0.15) is 103 Å². The summed E-state index contributed by atoms with van der Waals surface area (Å²) >= 11 is 0. The number of carboxylic acids is 1. The average molecular weight is 1290 g/mol. The molecule has 3 amide bonds. The van der Waals surface area contributed by atoms with Crippen LogP contribution in [0.25, 0.3) is 0 Å². The molecule has 20 heteroatoms. The normalized spacial score (nSPS) is 13.8. The van der Waals surface area contributed by atoms with Crippen molar-refractivity contribution in [2.75, 3.05) is 74.4 Å². The Morgan fingerprint density at radius 3 is 1.23 bits per heavy atom. The molecule has 1 unspecified atom stereocenters. The van der Waals surface area contributed by atoms with Crippen LogP contribution in [0.2, 0.25) is 0 Å². The van der Waals surface area contributed by atoms with Gasteiger partial charge in [-0.15, -0.1) is 0 Å². The number of ether oxygens (including phenoxy) is 4. The number of amides is 3. The number of aliphatic hydroxyl groups is 2. The fourth-order valence-electron chi connectivity index (χ4n) is 8.88. The van der Waals surface area contributed by atoms with Gasteiger partial charge in [0.2, 0.25) is 11.8 Å². The van der Waals surface area contributed by atoms with Gasteiger partial charge < -0.3 is 66.2 Å². The van der Waals surface area contributed by atoms with Crippen LogP contribution in [0.15, 0.2) is 158 Å². The Bertz CT molecular complexity index is 3090. The first-order valence-electron chi connectivity index (χ1n) is 31.2. The Labute approximate surface area is 552 Å². The molecule has 1 aliphatic heterocycles. The number of nitrogens with one attached hydrogen (secondary N) is 5. The fourth-order valence-corrected chi connectivity index (χ4v) is 8.88. The Kier molecular flexibility index (Phi) is 33.8. The largest absolute Gasteiger partial charge is 0.497 e. The number of carbonyl (C=O) groups is 4. The zero-order valence-corrected chi connectivity index (χ0v) is 57.3. The number of benzene rings is 6. The van der Waals surface area contributed by atoms with Crippen molar-refractivity contribution in [2.45, 2.75) is 115 Å². The Morgan fingerprint density at radius 2 is 0.871 bits per heavy atom. The van der Waals surface area contributed by atoms with Gasteiger partial charge in [-0.3, -0.25) is 29.3 Å². The van der Waals surface area contributed by atoms with Crippen molar-refractivity contribution in [1.29, 1.82) is 0 Å². The van der Waals surface area contributed by atoms with Crippen LogP contribution in [-0.2, 0) is 58.4 Å². The molecule has 1 fully saturated rings. The quantitative estimate of drug-likeness (QED) is 0.0162. The van der Waals surface area contributed by atoms with E-state index in [4.69, 9.17) is 40.0 Å². The van der Waals surface area contributed by atoms with E-state index >= 15 is 0 Å². The third kappa shape index (κ3) is 28.9. The average Bonchev–Trinajstić information content (AvgIpc) is 0.769. The fraction of sp³-hybridized carbons (Fsp3) is 0.452. The molecule has 1 saturated heterocycles. The van der Waals surface area contributed by atoms with Gasteiger partial charge in [-0.2, -0.15) is 0 Å². The van der Waals surface area contributed by atoms with Gasteiger partial charge in [0.15, 0.2) is 6.17 Å². The summed E-state index contributed by atoms with van der Waals surface area (Å²) in [5, 5.41) is 48.8. The number of aliphatic hydroxyl groups excluding tert-OH is 2. The van der Waals surface area contributed by atoms with E-state index in [0.29, 0.717) is 45.8 Å². The Hall–Kier alpha value is -7.92. The second-order valence-electron chi connectivity index (χ2n) is 26.4. The lowest BCUT2D eigenvalue weighted by molar-refractivity contribution is -0.171. The zero-order valence-electron chi connectivity index (χ0n) is 57.3. The van der Waals surface area contributed by atoms with Gasteiger partial charge in [0.05, 0.1) is 44.7 Å². The van der Waals surface area contributed by atoms with E-state index < -0.39 is 34.3 Å². The molecule has 0 aromatic heterocycles. The number of aliphatic carboxylic acids is 1. The van der Waals surface area contributed by atoms with Crippen molar-refractivity contribution in [3.05, 3.63) is 191 Å². The molecule has 0 radical (unpaired) electrons. The predicted octanol–water partition coefficient (Wildman–Crippen LogP) is 9.19. The molecule has 0 spiro atoms. The standard InChI is InChI=1S/C22H27N3O4.C20H26N2O2.C13H19NO3.C13H21NO2.C5H13NO/c1-22(2)15-24(13-17-9-11-18(29-3)12-10-17)20(19(26)23-28)25(21(22)27)14-16-7-5-4-6-8-16;1-20(2,19(23)22-14-16-7-5-4-6-8-16)15-21-13-17-9-11-18(24-3)12-10-17;1-13(2,12(15)16)9-14-8-10-4-6-11(17-3)7-5-10;1-13(2,10-15)9-14-8-11-4-6-12(16-3)7-5-11;1-5(2,3-6)4-7/h4-12,20,28H,13-15H2,1-3H3,(H,23,26);4-12,21H,13-15H2,1-3H3,(H,22,23);4-7,14H,8-9H2,1-3H3,(H,15,16);4-7,14-15H,8-10H2,1-3H3;7H,3-4,6H2,1-2H3. The molecule has 0 aliphatic carbocycles. The first-order valence-corrected chi connectivity index (χ1v) is 31.2. The van der Waals surface area contributed by atoms with Crippen LogP contribution in [-0.4, -0.2) is 135 Å². The van der Waals surface area contributed by atoms with Crippen molar-refractivity contribution in [3.8, 4) is 23.0 Å². The molecular weight excluding hydrogens is 1180 g/mol. The van der Waals surface area contributed by atoms with Crippen LogP contribution < -0.4 is 51.4 Å². The zero-order chi connectivity index (χ0) is 69.3. The lowest BCUT2D eigenvalue weighted by Crippen LogP contribution is -2.66. The van der Waals surface area contributed by atoms with Gasteiger partial charge in [-0.25, -0.2) is 5.48 Å². The maximum absolute atomic E-state index is 13.2. The Morgan fingerprint density at radius 1 is 0.516 bits per heavy atom. The maximum Gasteiger partial charge on any atom is 0.310 e. The van der Waals surface area contributed by atoms with Gasteiger partial charge in [0, 0.05) is 89.5 Å². The minimum absolute atomic E-state index is 0.0496. The summed E-state index contributed by atoms with van der Waals surface area (Å²) in [5.41, 5.74) is 11.4. The molecule has 6 aromatic rings. The highest BCUT2D eigenvalue weighted by Gasteiger charge is 2.48. The number of nitrogens with zero attached hydrogens (tertiary/aromatic N) is 2. The number of hydroxylamine groups is 1. The van der Waals surface area contributed by atoms with Crippen LogP contribution in [0.4, 0.5) is 0 Å². The molecule has 1 heterocycles. The third-order valence-electron chi connectivity index (χ3n) is 15.3. The summed E-state index contributed by atoms with van der Waals surface area (Å²) in [6.07, 6.45) is -0.914. The van der Waals surface area contributed by atoms with E-state index in [0.717, 1.165) is 70.4 Å². The van der Waals surface area contributed by atoms with Crippen molar-refractivity contribution in [1.82, 2.24) is 36.5 Å². The summed E-state index contributed by atoms with van der Waals surface area (Å²) in [6.45, 7) is 25.6. The van der Waals surface area contributed by atoms with Gasteiger partial charge in [0.25, 0.3) is 5.91 Å². The molecule has 0 saturated carbocycles. The van der Waals surface area contributed by atoms with E-state index in [2.05, 4.69) is 21.3 Å². The van der Waals surface area contributed by atoms with Crippen molar-refractivity contribution >= 4 is 23.7 Å². The monoisotopic (exact) mass is 1290 g/mol. The lowest BCUT2D eigenvalue weighted by Gasteiger charge is -2.48. The molecule has 0 bridgehead atoms. The Balaban J connectivity index is 0.000000320. The molecule has 1 aliphatic rings. The maximum atomic E-state index is 13.2. The highest BCUT2D eigenvalue weighted by Crippen LogP contribution is 2.33. The smallest absolute Gasteiger partial charge is 0.310 e. The van der Waals surface area contributed by atoms with Crippen LogP contribution in [0.3, 0.4) is 0 Å². The third-order valence-corrected chi connectivity index (χ3v) is 15.3. The second-order valence-corrected chi connectivity index (χ2v) is 26.4. The van der Waals surface area contributed by atoms with Crippen LogP contribution >= 0.6 is 0 Å². The topological polar surface area (TPSA) is 279 Å². The SMILES string of the molecule is CC(C)(CN)CO.COc1ccc(CN2CC(C)(C)C(=O)N(Cc3ccccc3)C2C(=O)NO)cc1.COc1ccc(CNCC(C)(C)C(=O)NCc2ccccc2)cc1.COc1ccc(CNCC(C)(C)C(=O)O)cc1.COc1ccc(CNCC(C)(C)CO)cc1. The first kappa shape index (κ1) is 79.3. The highest BCUT2D eigenvalue weighted by molar-refractivity contribution is 5.90. The van der Waals surface area contributed by atoms with E-state index in [1.54, 1.807) is 47.8 Å². The van der Waals surface area contributed by atoms with Gasteiger partial charge >= 0.3 is 5.97 Å². The molecule has 20 nitrogen and oxygen atoms in total. The van der Waals surface area contributed by atoms with Crippen molar-refractivity contribution < 1.29 is 58.7 Å². The van der Waals surface area contributed by atoms with E-state index in [9.17, 15) is 24.4 Å². The van der Waals surface area contributed by atoms with Crippen molar-refractivity contribution in [3.63, 3.8) is 0 Å². The minimum Gasteiger partial charge on any atom is -0.497 e. The number of rotatable bonds is 28. The van der Waals surface area contributed by atoms with Gasteiger partial charge in [0.1, 0.15) is 23.0 Å².